The normalized spacial score (nSPS) is 30.2. The van der Waals surface area contributed by atoms with Gasteiger partial charge < -0.3 is 9.64 Å². The third-order valence-electron chi connectivity index (χ3n) is 2.22. The first-order valence-electron chi connectivity index (χ1n) is 3.77. The third kappa shape index (κ3) is 0.895. The Kier molecular flexibility index (Phi) is 1.34. The van der Waals surface area contributed by atoms with E-state index in [-0.39, 0.29) is 6.04 Å². The van der Waals surface area contributed by atoms with Gasteiger partial charge in [-0.1, -0.05) is 0 Å². The van der Waals surface area contributed by atoms with Crippen LogP contribution in [0.3, 0.4) is 0 Å². The minimum Gasteiger partial charge on any atom is -0.456 e. The molecular weight excluding hydrogens is 146 g/mol. The van der Waals surface area contributed by atoms with Crippen LogP contribution in [0.2, 0.25) is 0 Å². The third-order valence-corrected chi connectivity index (χ3v) is 2.22. The molecule has 0 saturated carbocycles. The average Bonchev–Trinajstić information content (AvgIpc) is 2.45. The van der Waals surface area contributed by atoms with Gasteiger partial charge in [-0.05, 0) is 12.8 Å². The molecule has 0 aromatic carbocycles. The number of carbonyl (C=O) groups is 2. The molecule has 0 N–H and O–H groups in total. The SMILES string of the molecule is O=C1OC[C@H]2CCCN2C1=O. The summed E-state index contributed by atoms with van der Waals surface area (Å²) in [5.74, 6) is -1.15. The Balaban J connectivity index is 2.18. The Morgan fingerprint density at radius 1 is 1.45 bits per heavy atom. The van der Waals surface area contributed by atoms with E-state index in [0.29, 0.717) is 6.61 Å². The van der Waals surface area contributed by atoms with Crippen molar-refractivity contribution in [3.8, 4) is 0 Å². The summed E-state index contributed by atoms with van der Waals surface area (Å²) in [6, 6.07) is 0.167. The number of ether oxygens (including phenoxy) is 1. The topological polar surface area (TPSA) is 46.6 Å². The Morgan fingerprint density at radius 3 is 3.09 bits per heavy atom. The van der Waals surface area contributed by atoms with E-state index < -0.39 is 11.9 Å². The maximum atomic E-state index is 11.1. The van der Waals surface area contributed by atoms with Crippen LogP contribution in [-0.2, 0) is 14.3 Å². The summed E-state index contributed by atoms with van der Waals surface area (Å²) in [7, 11) is 0. The summed E-state index contributed by atoms with van der Waals surface area (Å²) >= 11 is 0. The smallest absolute Gasteiger partial charge is 0.397 e. The van der Waals surface area contributed by atoms with E-state index >= 15 is 0 Å². The van der Waals surface area contributed by atoms with Crippen molar-refractivity contribution >= 4 is 11.9 Å². The summed E-state index contributed by atoms with van der Waals surface area (Å²) < 4.78 is 4.67. The lowest BCUT2D eigenvalue weighted by molar-refractivity contribution is -0.168. The highest BCUT2D eigenvalue weighted by Crippen LogP contribution is 2.20. The zero-order valence-electron chi connectivity index (χ0n) is 6.08. The van der Waals surface area contributed by atoms with Gasteiger partial charge in [-0.3, -0.25) is 4.79 Å². The first-order valence-corrected chi connectivity index (χ1v) is 3.77. The first-order chi connectivity index (χ1) is 5.29. The predicted molar refractivity (Wildman–Crippen MR) is 35.7 cm³/mol. The number of carbonyl (C=O) groups excluding carboxylic acids is 2. The van der Waals surface area contributed by atoms with E-state index in [2.05, 4.69) is 4.74 Å². The molecule has 0 aliphatic carbocycles. The maximum Gasteiger partial charge on any atom is 0.397 e. The fourth-order valence-electron chi connectivity index (χ4n) is 1.63. The van der Waals surface area contributed by atoms with Gasteiger partial charge in [0.25, 0.3) is 0 Å². The quantitative estimate of drug-likeness (QED) is 0.351. The van der Waals surface area contributed by atoms with Gasteiger partial charge in [0.2, 0.25) is 0 Å². The summed E-state index contributed by atoms with van der Waals surface area (Å²) in [6.07, 6.45) is 1.96. The monoisotopic (exact) mass is 155 g/mol. The molecule has 2 aliphatic rings. The molecule has 2 rings (SSSR count). The summed E-state index contributed by atoms with van der Waals surface area (Å²) in [5, 5.41) is 0. The number of morpholine rings is 1. The predicted octanol–water partition coefficient (Wildman–Crippen LogP) is -0.466. The highest BCUT2D eigenvalue weighted by molar-refractivity contribution is 6.32. The van der Waals surface area contributed by atoms with Crippen molar-refractivity contribution in [1.82, 2.24) is 4.90 Å². The fourth-order valence-corrected chi connectivity index (χ4v) is 1.63. The minimum absolute atomic E-state index is 0.167. The second-order valence-electron chi connectivity index (χ2n) is 2.89. The molecule has 0 spiro atoms. The molecule has 4 nitrogen and oxygen atoms in total. The Morgan fingerprint density at radius 2 is 2.27 bits per heavy atom. The van der Waals surface area contributed by atoms with Crippen molar-refractivity contribution in [1.29, 1.82) is 0 Å². The van der Waals surface area contributed by atoms with E-state index in [0.717, 1.165) is 19.4 Å². The van der Waals surface area contributed by atoms with Gasteiger partial charge in [0.05, 0.1) is 6.04 Å². The Hall–Kier alpha value is -1.06. The molecule has 2 aliphatic heterocycles. The van der Waals surface area contributed by atoms with Crippen LogP contribution < -0.4 is 0 Å². The van der Waals surface area contributed by atoms with Crippen molar-refractivity contribution in [3.05, 3.63) is 0 Å². The molecule has 1 amide bonds. The van der Waals surface area contributed by atoms with Crippen LogP contribution >= 0.6 is 0 Å². The van der Waals surface area contributed by atoms with Crippen molar-refractivity contribution in [2.24, 2.45) is 0 Å². The van der Waals surface area contributed by atoms with Crippen molar-refractivity contribution in [2.45, 2.75) is 18.9 Å². The molecule has 0 aromatic rings. The highest BCUT2D eigenvalue weighted by atomic mass is 16.5. The number of rotatable bonds is 0. The summed E-state index contributed by atoms with van der Waals surface area (Å²) in [4.78, 5) is 23.4. The van der Waals surface area contributed by atoms with E-state index in [1.54, 1.807) is 4.90 Å². The summed E-state index contributed by atoms with van der Waals surface area (Å²) in [5.41, 5.74) is 0. The number of hydrogen-bond acceptors (Lipinski definition) is 3. The Bertz CT molecular complexity index is 214. The van der Waals surface area contributed by atoms with Gasteiger partial charge in [-0.15, -0.1) is 0 Å². The van der Waals surface area contributed by atoms with Crippen molar-refractivity contribution in [2.75, 3.05) is 13.2 Å². The van der Waals surface area contributed by atoms with Gasteiger partial charge >= 0.3 is 11.9 Å². The van der Waals surface area contributed by atoms with Crippen molar-refractivity contribution in [3.63, 3.8) is 0 Å². The van der Waals surface area contributed by atoms with Crippen LogP contribution in [0, 0.1) is 0 Å². The van der Waals surface area contributed by atoms with Gasteiger partial charge in [-0.25, -0.2) is 4.79 Å². The lowest BCUT2D eigenvalue weighted by atomic mass is 10.2. The molecule has 2 fully saturated rings. The number of hydrogen-bond donors (Lipinski definition) is 0. The molecule has 60 valence electrons. The molecule has 2 heterocycles. The number of fused-ring (bicyclic) bond motifs is 1. The standard InChI is InChI=1S/C7H9NO3/c9-6-7(10)11-4-5-2-1-3-8(5)6/h5H,1-4H2/t5-/m1/s1. The Labute approximate surface area is 64.1 Å². The van der Waals surface area contributed by atoms with Crippen LogP contribution in [-0.4, -0.2) is 36.0 Å². The van der Waals surface area contributed by atoms with Gasteiger partial charge in [0.15, 0.2) is 0 Å². The van der Waals surface area contributed by atoms with Crippen LogP contribution in [0.1, 0.15) is 12.8 Å². The number of amides is 1. The zero-order valence-corrected chi connectivity index (χ0v) is 6.08. The van der Waals surface area contributed by atoms with Crippen molar-refractivity contribution < 1.29 is 14.3 Å². The molecule has 4 heteroatoms. The second kappa shape index (κ2) is 2.22. The molecule has 2 saturated heterocycles. The highest BCUT2D eigenvalue weighted by Gasteiger charge is 2.38. The molecule has 0 aromatic heterocycles. The maximum absolute atomic E-state index is 11.1. The van der Waals surface area contributed by atoms with Crippen LogP contribution in [0.4, 0.5) is 0 Å². The molecule has 0 unspecified atom stereocenters. The molecule has 0 radical (unpaired) electrons. The molecule has 11 heavy (non-hydrogen) atoms. The van der Waals surface area contributed by atoms with Gasteiger partial charge in [0, 0.05) is 6.54 Å². The van der Waals surface area contributed by atoms with Crippen LogP contribution in [0.25, 0.3) is 0 Å². The zero-order chi connectivity index (χ0) is 7.84. The van der Waals surface area contributed by atoms with E-state index in [9.17, 15) is 9.59 Å². The number of esters is 1. The number of cyclic esters (lactones) is 1. The molecule has 1 atom stereocenters. The minimum atomic E-state index is -0.692. The van der Waals surface area contributed by atoms with Crippen LogP contribution in [0.5, 0.6) is 0 Å². The van der Waals surface area contributed by atoms with E-state index in [1.807, 2.05) is 0 Å². The van der Waals surface area contributed by atoms with E-state index in [4.69, 9.17) is 0 Å². The molecule has 0 bridgehead atoms. The largest absolute Gasteiger partial charge is 0.456 e. The lowest BCUT2D eigenvalue weighted by Gasteiger charge is -2.27. The number of nitrogens with zero attached hydrogens (tertiary/aromatic N) is 1. The fraction of sp³-hybridized carbons (Fsp3) is 0.714. The second-order valence-corrected chi connectivity index (χ2v) is 2.89. The summed E-state index contributed by atoms with van der Waals surface area (Å²) in [6.45, 7) is 1.11. The van der Waals surface area contributed by atoms with Gasteiger partial charge in [-0.2, -0.15) is 0 Å². The van der Waals surface area contributed by atoms with E-state index in [1.165, 1.54) is 0 Å². The average molecular weight is 155 g/mol. The molecular formula is C7H9NO3. The first kappa shape index (κ1) is 6.64. The van der Waals surface area contributed by atoms with Gasteiger partial charge in [0.1, 0.15) is 6.61 Å². The lowest BCUT2D eigenvalue weighted by Crippen LogP contribution is -2.48. The van der Waals surface area contributed by atoms with Crippen LogP contribution in [0.15, 0.2) is 0 Å².